The highest BCUT2D eigenvalue weighted by Gasteiger charge is 2.05. The summed E-state index contributed by atoms with van der Waals surface area (Å²) >= 11 is 0. The number of fused-ring (bicyclic) bond motifs is 1. The molecular weight excluding hydrogens is 174 g/mol. The third-order valence-corrected chi connectivity index (χ3v) is 2.45. The van der Waals surface area contributed by atoms with E-state index >= 15 is 0 Å². The molecule has 0 saturated carbocycles. The molecule has 0 unspecified atom stereocenters. The summed E-state index contributed by atoms with van der Waals surface area (Å²) in [7, 11) is 0. The molecular formula is C11H13N3. The summed E-state index contributed by atoms with van der Waals surface area (Å²) < 4.78 is 2.00. The third-order valence-electron chi connectivity index (χ3n) is 2.45. The lowest BCUT2D eigenvalue weighted by atomic mass is 10.2. The number of aryl methyl sites for hydroxylation is 2. The molecule has 72 valence electrons. The Bertz CT molecular complexity index is 508. The fourth-order valence-corrected chi connectivity index (χ4v) is 1.37. The third kappa shape index (κ3) is 1.21. The topological polar surface area (TPSA) is 30.2 Å². The first-order valence-electron chi connectivity index (χ1n) is 4.57. The molecule has 0 saturated heterocycles. The van der Waals surface area contributed by atoms with Gasteiger partial charge in [0.25, 0.3) is 0 Å². The van der Waals surface area contributed by atoms with E-state index in [0.717, 1.165) is 28.3 Å². The van der Waals surface area contributed by atoms with E-state index in [0.29, 0.717) is 0 Å². The van der Waals surface area contributed by atoms with Gasteiger partial charge in [0.2, 0.25) is 5.78 Å². The van der Waals surface area contributed by atoms with Crippen molar-refractivity contribution >= 4 is 11.4 Å². The zero-order valence-electron chi connectivity index (χ0n) is 8.70. The van der Waals surface area contributed by atoms with E-state index in [-0.39, 0.29) is 0 Å². The van der Waals surface area contributed by atoms with E-state index in [1.54, 1.807) is 0 Å². The fraction of sp³-hybridized carbons (Fsp3) is 0.273. The molecule has 0 aliphatic heterocycles. The van der Waals surface area contributed by atoms with Gasteiger partial charge < -0.3 is 0 Å². The number of allylic oxidation sites excluding steroid dienone is 1. The van der Waals surface area contributed by atoms with Gasteiger partial charge in [0.15, 0.2) is 0 Å². The van der Waals surface area contributed by atoms with Gasteiger partial charge in [0.05, 0.1) is 5.69 Å². The highest BCUT2D eigenvalue weighted by atomic mass is 15.1. The summed E-state index contributed by atoms with van der Waals surface area (Å²) in [6.07, 6.45) is 3.84. The Balaban J connectivity index is 2.76. The molecule has 0 radical (unpaired) electrons. The van der Waals surface area contributed by atoms with Gasteiger partial charge in [0.1, 0.15) is 0 Å². The van der Waals surface area contributed by atoms with Crippen LogP contribution in [0.1, 0.15) is 23.9 Å². The van der Waals surface area contributed by atoms with Crippen molar-refractivity contribution < 1.29 is 0 Å². The Labute approximate surface area is 83.1 Å². The molecule has 0 bridgehead atoms. The largest absolute Gasteiger partial charge is 0.288 e. The molecule has 0 N–H and O–H groups in total. The summed E-state index contributed by atoms with van der Waals surface area (Å²) in [6.45, 7) is 9.90. The van der Waals surface area contributed by atoms with Gasteiger partial charge in [-0.05, 0) is 26.3 Å². The molecule has 3 heteroatoms. The number of imidazole rings is 1. The molecule has 0 aromatic carbocycles. The lowest BCUT2D eigenvalue weighted by molar-refractivity contribution is 1.05. The van der Waals surface area contributed by atoms with Crippen LogP contribution in [-0.2, 0) is 0 Å². The minimum atomic E-state index is 0.755. The van der Waals surface area contributed by atoms with Crippen molar-refractivity contribution in [2.45, 2.75) is 20.8 Å². The normalized spacial score (nSPS) is 10.8. The molecule has 2 aromatic heterocycles. The highest BCUT2D eigenvalue weighted by molar-refractivity contribution is 5.60. The molecule has 0 spiro atoms. The Morgan fingerprint density at radius 1 is 1.43 bits per heavy atom. The van der Waals surface area contributed by atoms with Gasteiger partial charge in [-0.3, -0.25) is 4.40 Å². The molecule has 14 heavy (non-hydrogen) atoms. The van der Waals surface area contributed by atoms with Crippen LogP contribution in [0.3, 0.4) is 0 Å². The van der Waals surface area contributed by atoms with Crippen molar-refractivity contribution in [1.29, 1.82) is 0 Å². The van der Waals surface area contributed by atoms with Gasteiger partial charge >= 0.3 is 0 Å². The maximum Gasteiger partial charge on any atom is 0.234 e. The van der Waals surface area contributed by atoms with Crippen molar-refractivity contribution in [2.24, 2.45) is 0 Å². The van der Waals surface area contributed by atoms with Crippen molar-refractivity contribution in [3.63, 3.8) is 0 Å². The number of aromatic nitrogens is 3. The van der Waals surface area contributed by atoms with E-state index < -0.39 is 0 Å². The molecule has 2 heterocycles. The maximum atomic E-state index is 4.34. The quantitative estimate of drug-likeness (QED) is 0.686. The first-order valence-corrected chi connectivity index (χ1v) is 4.57. The second kappa shape index (κ2) is 2.94. The van der Waals surface area contributed by atoms with Crippen LogP contribution in [0.15, 0.2) is 19.0 Å². The summed E-state index contributed by atoms with van der Waals surface area (Å²) in [4.78, 5) is 8.61. The van der Waals surface area contributed by atoms with E-state index in [2.05, 4.69) is 16.5 Å². The first kappa shape index (κ1) is 8.94. The summed E-state index contributed by atoms with van der Waals surface area (Å²) in [5, 5.41) is 0. The van der Waals surface area contributed by atoms with Gasteiger partial charge in [-0.2, -0.15) is 0 Å². The second-order valence-electron chi connectivity index (χ2n) is 3.58. The van der Waals surface area contributed by atoms with Crippen LogP contribution in [0.5, 0.6) is 0 Å². The Kier molecular flexibility index (Phi) is 1.88. The maximum absolute atomic E-state index is 4.34. The second-order valence-corrected chi connectivity index (χ2v) is 3.58. The average molecular weight is 187 g/mol. The lowest BCUT2D eigenvalue weighted by Crippen LogP contribution is -1.93. The van der Waals surface area contributed by atoms with Crippen molar-refractivity contribution in [1.82, 2.24) is 14.4 Å². The van der Waals surface area contributed by atoms with Crippen molar-refractivity contribution in [3.8, 4) is 0 Å². The Morgan fingerprint density at radius 2 is 2.14 bits per heavy atom. The Hall–Kier alpha value is -1.64. The van der Waals surface area contributed by atoms with Crippen LogP contribution < -0.4 is 0 Å². The van der Waals surface area contributed by atoms with Crippen LogP contribution in [0.4, 0.5) is 0 Å². The number of hydrogen-bond donors (Lipinski definition) is 0. The van der Waals surface area contributed by atoms with Crippen molar-refractivity contribution in [2.75, 3.05) is 0 Å². The van der Waals surface area contributed by atoms with Crippen LogP contribution in [0.2, 0.25) is 0 Å². The summed E-state index contributed by atoms with van der Waals surface area (Å²) in [5.74, 6) is 0.755. The highest BCUT2D eigenvalue weighted by Crippen LogP contribution is 2.14. The minimum Gasteiger partial charge on any atom is -0.288 e. The molecule has 0 amide bonds. The zero-order valence-corrected chi connectivity index (χ0v) is 8.70. The number of hydrogen-bond acceptors (Lipinski definition) is 2. The van der Waals surface area contributed by atoms with Crippen molar-refractivity contribution in [3.05, 3.63) is 35.9 Å². The molecule has 0 aliphatic rings. The fourth-order valence-electron chi connectivity index (χ4n) is 1.37. The molecule has 0 atom stereocenters. The average Bonchev–Trinajstić information content (AvgIpc) is 2.43. The Morgan fingerprint density at radius 3 is 2.79 bits per heavy atom. The van der Waals surface area contributed by atoms with Gasteiger partial charge in [-0.25, -0.2) is 9.97 Å². The van der Waals surface area contributed by atoms with E-state index in [4.69, 9.17) is 0 Å². The van der Waals surface area contributed by atoms with Gasteiger partial charge in [-0.1, -0.05) is 6.58 Å². The van der Waals surface area contributed by atoms with Crippen LogP contribution in [-0.4, -0.2) is 14.4 Å². The monoisotopic (exact) mass is 187 g/mol. The predicted octanol–water partition coefficient (Wildman–Crippen LogP) is 2.38. The van der Waals surface area contributed by atoms with Crippen LogP contribution in [0, 0.1) is 13.8 Å². The first-order chi connectivity index (χ1) is 6.59. The van der Waals surface area contributed by atoms with E-state index in [9.17, 15) is 0 Å². The number of nitrogens with zero attached hydrogens (tertiary/aromatic N) is 3. The minimum absolute atomic E-state index is 0.755. The van der Waals surface area contributed by atoms with Crippen LogP contribution in [0.25, 0.3) is 11.4 Å². The van der Waals surface area contributed by atoms with Gasteiger partial charge in [0, 0.05) is 23.7 Å². The summed E-state index contributed by atoms with van der Waals surface area (Å²) in [5.41, 5.74) is 4.23. The van der Waals surface area contributed by atoms with E-state index in [1.807, 2.05) is 37.6 Å². The molecule has 0 aliphatic carbocycles. The zero-order chi connectivity index (χ0) is 10.3. The van der Waals surface area contributed by atoms with Crippen LogP contribution >= 0.6 is 0 Å². The molecule has 2 aromatic rings. The molecule has 2 rings (SSSR count). The van der Waals surface area contributed by atoms with E-state index in [1.165, 1.54) is 0 Å². The standard InChI is InChI=1S/C11H13N3/c1-7(2)10-5-12-11-13-8(3)9(4)14(11)6-10/h5-6H,1H2,2-4H3. The number of rotatable bonds is 1. The SMILES string of the molecule is C=C(C)c1cnc2nc(C)c(C)n2c1. The predicted molar refractivity (Wildman–Crippen MR) is 57.2 cm³/mol. The lowest BCUT2D eigenvalue weighted by Gasteiger charge is -2.00. The smallest absolute Gasteiger partial charge is 0.234 e. The molecule has 3 nitrogen and oxygen atoms in total. The summed E-state index contributed by atoms with van der Waals surface area (Å²) in [6, 6.07) is 0. The molecule has 0 fully saturated rings. The van der Waals surface area contributed by atoms with Gasteiger partial charge in [-0.15, -0.1) is 0 Å².